The Bertz CT molecular complexity index is 815. The molecule has 7 heteroatoms. The third kappa shape index (κ3) is 4.53. The highest BCUT2D eigenvalue weighted by Crippen LogP contribution is 2.23. The van der Waals surface area contributed by atoms with Crippen LogP contribution in [0, 0.1) is 0 Å². The first-order valence-electron chi connectivity index (χ1n) is 8.42. The van der Waals surface area contributed by atoms with E-state index in [-0.39, 0.29) is 12.3 Å². The van der Waals surface area contributed by atoms with Gasteiger partial charge >= 0.3 is 6.18 Å². The Balaban J connectivity index is 1.60. The van der Waals surface area contributed by atoms with Gasteiger partial charge in [-0.25, -0.2) is 0 Å². The fraction of sp³-hybridized carbons (Fsp3) is 0.368. The van der Waals surface area contributed by atoms with Crippen molar-refractivity contribution in [3.05, 3.63) is 48.0 Å². The second kappa shape index (κ2) is 7.35. The lowest BCUT2D eigenvalue weighted by Crippen LogP contribution is -2.37. The van der Waals surface area contributed by atoms with Gasteiger partial charge in [0.25, 0.3) is 0 Å². The third-order valence-corrected chi connectivity index (χ3v) is 4.46. The van der Waals surface area contributed by atoms with Crippen LogP contribution >= 0.6 is 0 Å². The largest absolute Gasteiger partial charge is 0.389 e. The van der Waals surface area contributed by atoms with Gasteiger partial charge in [-0.05, 0) is 16.3 Å². The number of nitrogens with zero attached hydrogens (tertiary/aromatic N) is 1. The Hall–Kier alpha value is -2.57. The molecule has 138 valence electrons. The predicted octanol–water partition coefficient (Wildman–Crippen LogP) is 3.40. The van der Waals surface area contributed by atoms with Crippen molar-refractivity contribution in [2.75, 3.05) is 6.54 Å². The van der Waals surface area contributed by atoms with Crippen LogP contribution < -0.4 is 5.32 Å². The molecule has 0 spiro atoms. The summed E-state index contributed by atoms with van der Waals surface area (Å²) in [6.07, 6.45) is -6.01. The Morgan fingerprint density at radius 2 is 1.88 bits per heavy atom. The van der Waals surface area contributed by atoms with E-state index in [0.29, 0.717) is 13.1 Å². The number of hydrogen-bond donors (Lipinski definition) is 1. The van der Waals surface area contributed by atoms with Crippen LogP contribution in [0.4, 0.5) is 13.2 Å². The summed E-state index contributed by atoms with van der Waals surface area (Å²) in [4.78, 5) is 25.5. The number of rotatable bonds is 5. The molecule has 1 saturated heterocycles. The lowest BCUT2D eigenvalue weighted by Gasteiger charge is -2.18. The molecule has 0 saturated carbocycles. The standard InChI is InChI=1S/C19H19F3N2O2/c20-19(21,22)9-8-17(25)23-15-10-18(26)24(12-15)11-14-6-3-5-13-4-1-2-7-16(13)14/h1-7,15H,8-12H2,(H,23,25)/t15-/m0/s1. The van der Waals surface area contributed by atoms with Crippen molar-refractivity contribution in [2.24, 2.45) is 0 Å². The van der Waals surface area contributed by atoms with Crippen molar-refractivity contribution in [2.45, 2.75) is 38.0 Å². The van der Waals surface area contributed by atoms with Crippen molar-refractivity contribution in [3.8, 4) is 0 Å². The highest BCUT2D eigenvalue weighted by atomic mass is 19.4. The second-order valence-corrected chi connectivity index (χ2v) is 6.50. The molecule has 0 aliphatic carbocycles. The Morgan fingerprint density at radius 1 is 1.15 bits per heavy atom. The number of fused-ring (bicyclic) bond motifs is 1. The number of carbonyl (C=O) groups is 2. The fourth-order valence-electron chi connectivity index (χ4n) is 3.21. The summed E-state index contributed by atoms with van der Waals surface area (Å²) >= 11 is 0. The summed E-state index contributed by atoms with van der Waals surface area (Å²) in [5, 5.41) is 4.67. The zero-order chi connectivity index (χ0) is 18.7. The van der Waals surface area contributed by atoms with Crippen LogP contribution in [0.15, 0.2) is 42.5 Å². The van der Waals surface area contributed by atoms with E-state index in [9.17, 15) is 22.8 Å². The predicted molar refractivity (Wildman–Crippen MR) is 91.2 cm³/mol. The first kappa shape index (κ1) is 18.2. The first-order valence-corrected chi connectivity index (χ1v) is 8.42. The lowest BCUT2D eigenvalue weighted by atomic mass is 10.0. The molecule has 2 aromatic carbocycles. The molecule has 3 rings (SSSR count). The number of alkyl halides is 3. The Labute approximate surface area is 149 Å². The summed E-state index contributed by atoms with van der Waals surface area (Å²) in [5.74, 6) is -0.786. The van der Waals surface area contributed by atoms with E-state index < -0.39 is 31.0 Å². The Kier molecular flexibility index (Phi) is 5.15. The molecular weight excluding hydrogens is 345 g/mol. The molecule has 2 amide bonds. The average molecular weight is 364 g/mol. The van der Waals surface area contributed by atoms with Gasteiger partial charge in [0.15, 0.2) is 0 Å². The molecule has 1 fully saturated rings. The van der Waals surface area contributed by atoms with Crippen molar-refractivity contribution in [1.82, 2.24) is 10.2 Å². The van der Waals surface area contributed by atoms with E-state index in [4.69, 9.17) is 0 Å². The van der Waals surface area contributed by atoms with Gasteiger partial charge in [0.05, 0.1) is 12.5 Å². The number of carbonyl (C=O) groups excluding carboxylic acids is 2. The highest BCUT2D eigenvalue weighted by molar-refractivity contribution is 5.87. The topological polar surface area (TPSA) is 49.4 Å². The van der Waals surface area contributed by atoms with Crippen molar-refractivity contribution in [3.63, 3.8) is 0 Å². The van der Waals surface area contributed by atoms with Crippen LogP contribution in [0.25, 0.3) is 10.8 Å². The minimum absolute atomic E-state index is 0.112. The quantitative estimate of drug-likeness (QED) is 0.884. The van der Waals surface area contributed by atoms with E-state index >= 15 is 0 Å². The number of hydrogen-bond acceptors (Lipinski definition) is 2. The number of likely N-dealkylation sites (tertiary alicyclic amines) is 1. The second-order valence-electron chi connectivity index (χ2n) is 6.50. The minimum atomic E-state index is -4.36. The normalized spacial score (nSPS) is 17.7. The van der Waals surface area contributed by atoms with Gasteiger partial charge in [-0.3, -0.25) is 9.59 Å². The summed E-state index contributed by atoms with van der Waals surface area (Å²) in [7, 11) is 0. The summed E-state index contributed by atoms with van der Waals surface area (Å²) in [5.41, 5.74) is 1.00. The smallest absolute Gasteiger partial charge is 0.351 e. The van der Waals surface area contributed by atoms with Crippen molar-refractivity contribution in [1.29, 1.82) is 0 Å². The van der Waals surface area contributed by atoms with Gasteiger partial charge in [0, 0.05) is 25.9 Å². The lowest BCUT2D eigenvalue weighted by molar-refractivity contribution is -0.144. The van der Waals surface area contributed by atoms with Crippen LogP contribution in [0.2, 0.25) is 0 Å². The molecule has 1 N–H and O–H groups in total. The summed E-state index contributed by atoms with van der Waals surface area (Å²) < 4.78 is 36.5. The number of halogens is 3. The van der Waals surface area contributed by atoms with Crippen molar-refractivity contribution < 1.29 is 22.8 Å². The Morgan fingerprint density at radius 3 is 2.65 bits per heavy atom. The van der Waals surface area contributed by atoms with Gasteiger partial charge in [-0.1, -0.05) is 42.5 Å². The highest BCUT2D eigenvalue weighted by Gasteiger charge is 2.32. The molecule has 1 aliphatic heterocycles. The summed E-state index contributed by atoms with van der Waals surface area (Å²) in [6.45, 7) is 0.717. The number of amides is 2. The average Bonchev–Trinajstić information content (AvgIpc) is 2.92. The van der Waals surface area contributed by atoms with Crippen molar-refractivity contribution >= 4 is 22.6 Å². The maximum absolute atomic E-state index is 12.2. The SMILES string of the molecule is O=C(CCC(F)(F)F)N[C@H]1CC(=O)N(Cc2cccc3ccccc23)C1. The van der Waals surface area contributed by atoms with Crippen LogP contribution in [0.1, 0.15) is 24.8 Å². The van der Waals surface area contributed by atoms with Crippen LogP contribution in [-0.2, 0) is 16.1 Å². The maximum atomic E-state index is 12.2. The molecule has 0 aromatic heterocycles. The molecule has 0 unspecified atom stereocenters. The van der Waals surface area contributed by atoms with Gasteiger partial charge in [-0.15, -0.1) is 0 Å². The van der Waals surface area contributed by atoms with E-state index in [1.54, 1.807) is 4.90 Å². The van der Waals surface area contributed by atoms with Crippen LogP contribution in [0.5, 0.6) is 0 Å². The van der Waals surface area contributed by atoms with Gasteiger partial charge in [-0.2, -0.15) is 13.2 Å². The van der Waals surface area contributed by atoms with Crippen LogP contribution in [-0.4, -0.2) is 35.5 Å². The van der Waals surface area contributed by atoms with E-state index in [0.717, 1.165) is 16.3 Å². The first-order chi connectivity index (χ1) is 12.3. The molecule has 4 nitrogen and oxygen atoms in total. The molecule has 0 radical (unpaired) electrons. The molecule has 1 aliphatic rings. The molecule has 1 heterocycles. The number of benzene rings is 2. The zero-order valence-electron chi connectivity index (χ0n) is 14.1. The molecule has 2 aromatic rings. The monoisotopic (exact) mass is 364 g/mol. The van der Waals surface area contributed by atoms with Crippen LogP contribution in [0.3, 0.4) is 0 Å². The van der Waals surface area contributed by atoms with Gasteiger partial charge < -0.3 is 10.2 Å². The van der Waals surface area contributed by atoms with E-state index in [2.05, 4.69) is 5.32 Å². The minimum Gasteiger partial charge on any atom is -0.351 e. The third-order valence-electron chi connectivity index (χ3n) is 4.46. The molecule has 1 atom stereocenters. The van der Waals surface area contributed by atoms with Gasteiger partial charge in [0.2, 0.25) is 11.8 Å². The summed E-state index contributed by atoms with van der Waals surface area (Å²) in [6, 6.07) is 13.3. The zero-order valence-corrected chi connectivity index (χ0v) is 14.1. The van der Waals surface area contributed by atoms with E-state index in [1.807, 2.05) is 42.5 Å². The molecular formula is C19H19F3N2O2. The maximum Gasteiger partial charge on any atom is 0.389 e. The molecule has 26 heavy (non-hydrogen) atoms. The fourth-order valence-corrected chi connectivity index (χ4v) is 3.21. The van der Waals surface area contributed by atoms with E-state index in [1.165, 1.54) is 0 Å². The van der Waals surface area contributed by atoms with Gasteiger partial charge in [0.1, 0.15) is 0 Å². The number of nitrogens with one attached hydrogen (secondary N) is 1. The molecule has 0 bridgehead atoms.